The van der Waals surface area contributed by atoms with Crippen LogP contribution in [0.5, 0.6) is 0 Å². The van der Waals surface area contributed by atoms with Gasteiger partial charge in [-0.1, -0.05) is 48.0 Å². The molecular formula is C22H26ClN3O. The van der Waals surface area contributed by atoms with Crippen molar-refractivity contribution < 1.29 is 4.42 Å². The van der Waals surface area contributed by atoms with Crippen molar-refractivity contribution in [3.05, 3.63) is 77.7 Å². The minimum absolute atomic E-state index is 0. The number of oxazole rings is 1. The highest BCUT2D eigenvalue weighted by molar-refractivity contribution is 5.85. The van der Waals surface area contributed by atoms with E-state index in [4.69, 9.17) is 10.2 Å². The predicted molar refractivity (Wildman–Crippen MR) is 111 cm³/mol. The van der Waals surface area contributed by atoms with Gasteiger partial charge in [0, 0.05) is 31.1 Å². The van der Waals surface area contributed by atoms with Crippen LogP contribution in [-0.2, 0) is 6.54 Å². The van der Waals surface area contributed by atoms with Gasteiger partial charge in [0.25, 0.3) is 0 Å². The summed E-state index contributed by atoms with van der Waals surface area (Å²) in [6.07, 6.45) is 1.78. The van der Waals surface area contributed by atoms with Crippen LogP contribution in [-0.4, -0.2) is 29.5 Å². The maximum Gasteiger partial charge on any atom is 0.226 e. The second-order valence-electron chi connectivity index (χ2n) is 7.22. The fraction of sp³-hybridized carbons (Fsp3) is 0.318. The number of aryl methyl sites for hydroxylation is 1. The van der Waals surface area contributed by atoms with Crippen LogP contribution in [0.2, 0.25) is 0 Å². The van der Waals surface area contributed by atoms with Crippen molar-refractivity contribution >= 4 is 12.4 Å². The van der Waals surface area contributed by atoms with E-state index in [1.807, 2.05) is 0 Å². The average Bonchev–Trinajstić information content (AvgIpc) is 3.30. The van der Waals surface area contributed by atoms with Crippen LogP contribution >= 0.6 is 12.4 Å². The maximum absolute atomic E-state index is 6.05. The number of benzene rings is 2. The van der Waals surface area contributed by atoms with Gasteiger partial charge in [0.1, 0.15) is 6.26 Å². The summed E-state index contributed by atoms with van der Waals surface area (Å²) in [5.41, 5.74) is 10.7. The van der Waals surface area contributed by atoms with Crippen LogP contribution in [0.4, 0.5) is 0 Å². The summed E-state index contributed by atoms with van der Waals surface area (Å²) < 4.78 is 5.70. The zero-order valence-corrected chi connectivity index (χ0v) is 16.4. The van der Waals surface area contributed by atoms with E-state index in [9.17, 15) is 0 Å². The van der Waals surface area contributed by atoms with E-state index in [2.05, 4.69) is 71.4 Å². The fourth-order valence-corrected chi connectivity index (χ4v) is 3.84. The van der Waals surface area contributed by atoms with E-state index in [1.54, 1.807) is 6.26 Å². The fourth-order valence-electron chi connectivity index (χ4n) is 3.84. The lowest BCUT2D eigenvalue weighted by Gasteiger charge is -2.16. The molecule has 1 fully saturated rings. The van der Waals surface area contributed by atoms with Crippen LogP contribution in [0.15, 0.2) is 65.3 Å². The largest absolute Gasteiger partial charge is 0.444 e. The van der Waals surface area contributed by atoms with Crippen LogP contribution in [0.1, 0.15) is 22.7 Å². The number of aromatic nitrogens is 1. The molecule has 2 atom stereocenters. The molecule has 2 N–H and O–H groups in total. The Morgan fingerprint density at radius 1 is 1.07 bits per heavy atom. The molecule has 0 saturated carbocycles. The molecule has 0 aliphatic carbocycles. The summed E-state index contributed by atoms with van der Waals surface area (Å²) in [4.78, 5) is 7.12. The van der Waals surface area contributed by atoms with Gasteiger partial charge in [-0.3, -0.25) is 4.90 Å². The molecule has 1 aromatic heterocycles. The number of hydrogen-bond donors (Lipinski definition) is 1. The summed E-state index contributed by atoms with van der Waals surface area (Å²) in [6.45, 7) is 5.61. The highest BCUT2D eigenvalue weighted by Gasteiger charge is 2.33. The number of nitrogens with two attached hydrogens (primary N) is 1. The van der Waals surface area contributed by atoms with E-state index in [1.165, 1.54) is 11.1 Å². The average molecular weight is 384 g/mol. The Labute approximate surface area is 166 Å². The van der Waals surface area contributed by atoms with Gasteiger partial charge in [0.2, 0.25) is 5.89 Å². The second-order valence-corrected chi connectivity index (χ2v) is 7.22. The zero-order chi connectivity index (χ0) is 17.9. The van der Waals surface area contributed by atoms with E-state index in [-0.39, 0.29) is 12.4 Å². The molecule has 142 valence electrons. The van der Waals surface area contributed by atoms with Crippen molar-refractivity contribution in [2.24, 2.45) is 11.7 Å². The van der Waals surface area contributed by atoms with Gasteiger partial charge in [-0.15, -0.1) is 12.4 Å². The molecule has 0 unspecified atom stereocenters. The number of halogens is 1. The molecular weight excluding hydrogens is 358 g/mol. The normalized spacial score (nSPS) is 19.8. The van der Waals surface area contributed by atoms with Gasteiger partial charge in [-0.25, -0.2) is 4.98 Å². The van der Waals surface area contributed by atoms with Crippen molar-refractivity contribution in [2.75, 3.05) is 19.6 Å². The highest BCUT2D eigenvalue weighted by atomic mass is 35.5. The van der Waals surface area contributed by atoms with Crippen molar-refractivity contribution in [3.8, 4) is 11.5 Å². The lowest BCUT2D eigenvalue weighted by Crippen LogP contribution is -2.23. The highest BCUT2D eigenvalue weighted by Crippen LogP contribution is 2.33. The Hall–Kier alpha value is -2.14. The van der Waals surface area contributed by atoms with Gasteiger partial charge >= 0.3 is 0 Å². The molecule has 1 saturated heterocycles. The quantitative estimate of drug-likeness (QED) is 0.715. The van der Waals surface area contributed by atoms with Crippen molar-refractivity contribution in [1.82, 2.24) is 9.88 Å². The number of nitrogens with zero attached hydrogens (tertiary/aromatic N) is 2. The zero-order valence-electron chi connectivity index (χ0n) is 15.5. The van der Waals surface area contributed by atoms with Gasteiger partial charge < -0.3 is 10.2 Å². The maximum atomic E-state index is 6.05. The Balaban J connectivity index is 0.00000210. The van der Waals surface area contributed by atoms with Crippen molar-refractivity contribution in [1.29, 1.82) is 0 Å². The van der Waals surface area contributed by atoms with Crippen LogP contribution in [0.25, 0.3) is 11.5 Å². The van der Waals surface area contributed by atoms with Crippen LogP contribution in [0.3, 0.4) is 0 Å². The van der Waals surface area contributed by atoms with Gasteiger partial charge in [0.05, 0.1) is 5.69 Å². The molecule has 0 spiro atoms. The predicted octanol–water partition coefficient (Wildman–Crippen LogP) is 4.25. The third-order valence-corrected chi connectivity index (χ3v) is 5.28. The molecule has 0 amide bonds. The lowest BCUT2D eigenvalue weighted by molar-refractivity contribution is 0.312. The molecule has 27 heavy (non-hydrogen) atoms. The van der Waals surface area contributed by atoms with E-state index >= 15 is 0 Å². The van der Waals surface area contributed by atoms with Crippen molar-refractivity contribution in [3.63, 3.8) is 0 Å². The first-order valence-corrected chi connectivity index (χ1v) is 9.22. The molecule has 0 bridgehead atoms. The lowest BCUT2D eigenvalue weighted by atomic mass is 9.89. The van der Waals surface area contributed by atoms with Gasteiger partial charge in [-0.2, -0.15) is 0 Å². The first kappa shape index (κ1) is 19.6. The Bertz CT molecular complexity index is 848. The first-order valence-electron chi connectivity index (χ1n) is 9.22. The minimum Gasteiger partial charge on any atom is -0.444 e. The van der Waals surface area contributed by atoms with Gasteiger partial charge in [0.15, 0.2) is 0 Å². The van der Waals surface area contributed by atoms with Crippen LogP contribution < -0.4 is 5.73 Å². The summed E-state index contributed by atoms with van der Waals surface area (Å²) in [7, 11) is 0. The Morgan fingerprint density at radius 3 is 2.52 bits per heavy atom. The number of hydrogen-bond acceptors (Lipinski definition) is 4. The molecule has 4 nitrogen and oxygen atoms in total. The summed E-state index contributed by atoms with van der Waals surface area (Å²) in [5.74, 6) is 1.67. The molecule has 3 aromatic rings. The third kappa shape index (κ3) is 4.41. The SMILES string of the molecule is Cc1ccc(-c2nc(CN3C[C@@H](CN)[C@H](c4ccccc4)C3)co2)cc1.Cl. The number of likely N-dealkylation sites (tertiary alicyclic amines) is 1. The monoisotopic (exact) mass is 383 g/mol. The smallest absolute Gasteiger partial charge is 0.226 e. The van der Waals surface area contributed by atoms with E-state index < -0.39 is 0 Å². The second kappa shape index (κ2) is 8.70. The number of rotatable bonds is 5. The van der Waals surface area contributed by atoms with E-state index in [0.717, 1.165) is 30.9 Å². The van der Waals surface area contributed by atoms with Crippen LogP contribution in [0, 0.1) is 12.8 Å². The standard InChI is InChI=1S/C22H25N3O.ClH/c1-16-7-9-18(10-8-16)22-24-20(15-26-22)13-25-12-19(11-23)21(14-25)17-5-3-2-4-6-17;/h2-10,15,19,21H,11-14,23H2,1H3;1H/t19-,21+;/m1./s1. The molecule has 1 aliphatic rings. The summed E-state index contributed by atoms with van der Waals surface area (Å²) in [6, 6.07) is 19.0. The first-order chi connectivity index (χ1) is 12.7. The molecule has 0 radical (unpaired) electrons. The summed E-state index contributed by atoms with van der Waals surface area (Å²) in [5, 5.41) is 0. The summed E-state index contributed by atoms with van der Waals surface area (Å²) >= 11 is 0. The molecule has 2 aromatic carbocycles. The molecule has 2 heterocycles. The topological polar surface area (TPSA) is 55.3 Å². The molecule has 5 heteroatoms. The van der Waals surface area contributed by atoms with Crippen molar-refractivity contribution in [2.45, 2.75) is 19.4 Å². The third-order valence-electron chi connectivity index (χ3n) is 5.28. The molecule has 4 rings (SSSR count). The Kier molecular flexibility index (Phi) is 6.32. The van der Waals surface area contributed by atoms with E-state index in [0.29, 0.717) is 24.3 Å². The minimum atomic E-state index is 0. The molecule has 1 aliphatic heterocycles. The van der Waals surface area contributed by atoms with Gasteiger partial charge in [-0.05, 0) is 37.1 Å². The Morgan fingerprint density at radius 2 is 1.81 bits per heavy atom.